The van der Waals surface area contributed by atoms with Crippen LogP contribution in [0.2, 0.25) is 5.02 Å². The Bertz CT molecular complexity index is 1090. The fraction of sp³-hybridized carbons (Fsp3) is 0.211. The van der Waals surface area contributed by atoms with Crippen LogP contribution in [0.1, 0.15) is 25.6 Å². The molecular weight excluding hydrogens is 421 g/mol. The predicted octanol–water partition coefficient (Wildman–Crippen LogP) is 3.97. The largest absolute Gasteiger partial charge is 0.332 e. The third-order valence-electron chi connectivity index (χ3n) is 4.34. The summed E-state index contributed by atoms with van der Waals surface area (Å²) >= 11 is 5.96. The van der Waals surface area contributed by atoms with Crippen LogP contribution in [0.4, 0.5) is 18.0 Å². The highest BCUT2D eigenvalue weighted by Gasteiger charge is 2.21. The minimum absolute atomic E-state index is 0.0363. The molecule has 2 aromatic heterocycles. The van der Waals surface area contributed by atoms with Crippen molar-refractivity contribution >= 4 is 17.6 Å². The summed E-state index contributed by atoms with van der Waals surface area (Å²) in [4.78, 5) is 16.0. The van der Waals surface area contributed by atoms with Gasteiger partial charge >= 0.3 is 6.03 Å². The lowest BCUT2D eigenvalue weighted by Gasteiger charge is -2.20. The highest BCUT2D eigenvalue weighted by atomic mass is 35.5. The summed E-state index contributed by atoms with van der Waals surface area (Å²) in [5.41, 5.74) is 0.207. The molecule has 3 aromatic rings. The number of rotatable bonds is 5. The Morgan fingerprint density at radius 1 is 1.27 bits per heavy atom. The molecule has 0 aliphatic carbocycles. The van der Waals surface area contributed by atoms with Crippen molar-refractivity contribution in [2.45, 2.75) is 19.9 Å². The number of carbonyl (C=O) groups excluding carboxylic acids is 1. The van der Waals surface area contributed by atoms with E-state index in [-0.39, 0.29) is 34.1 Å². The number of nitrogens with two attached hydrogens (primary N) is 1. The Morgan fingerprint density at radius 2 is 2.00 bits per heavy atom. The van der Waals surface area contributed by atoms with E-state index < -0.39 is 29.5 Å². The number of amides is 2. The maximum absolute atomic E-state index is 14.8. The van der Waals surface area contributed by atoms with Gasteiger partial charge in [-0.15, -0.1) is 0 Å². The van der Waals surface area contributed by atoms with Crippen molar-refractivity contribution in [1.82, 2.24) is 25.1 Å². The van der Waals surface area contributed by atoms with Gasteiger partial charge in [0, 0.05) is 28.9 Å². The average molecular weight is 439 g/mol. The molecule has 0 radical (unpaired) electrons. The van der Waals surface area contributed by atoms with E-state index in [0.717, 1.165) is 34.2 Å². The monoisotopic (exact) mass is 438 g/mol. The van der Waals surface area contributed by atoms with E-state index in [1.807, 2.05) is 0 Å². The van der Waals surface area contributed by atoms with Gasteiger partial charge < -0.3 is 5.32 Å². The Balaban J connectivity index is 2.00. The molecule has 0 bridgehead atoms. The van der Waals surface area contributed by atoms with Crippen LogP contribution in [0.5, 0.6) is 0 Å². The molecule has 1 atom stereocenters. The van der Waals surface area contributed by atoms with Gasteiger partial charge in [0.1, 0.15) is 11.5 Å². The normalized spacial score (nSPS) is 12.0. The quantitative estimate of drug-likeness (QED) is 0.358. The molecule has 2 heterocycles. The topological polar surface area (TPSA) is 89.1 Å². The number of hydrogen-bond donors (Lipinski definition) is 2. The molecule has 0 aliphatic heterocycles. The first-order valence-corrected chi connectivity index (χ1v) is 9.27. The Morgan fingerprint density at radius 3 is 2.60 bits per heavy atom. The van der Waals surface area contributed by atoms with Gasteiger partial charge in [-0.3, -0.25) is 9.99 Å². The van der Waals surface area contributed by atoms with Crippen LogP contribution in [-0.4, -0.2) is 32.3 Å². The van der Waals surface area contributed by atoms with Crippen LogP contribution >= 0.6 is 11.6 Å². The maximum atomic E-state index is 14.8. The summed E-state index contributed by atoms with van der Waals surface area (Å²) < 4.78 is 43.8. The summed E-state index contributed by atoms with van der Waals surface area (Å²) in [6.07, 6.45) is 3.20. The highest BCUT2D eigenvalue weighted by molar-refractivity contribution is 6.31. The van der Waals surface area contributed by atoms with Gasteiger partial charge in [-0.25, -0.2) is 28.5 Å². The lowest BCUT2D eigenvalue weighted by Crippen LogP contribution is -2.45. The number of carbonyl (C=O) groups is 1. The van der Waals surface area contributed by atoms with Crippen molar-refractivity contribution in [3.8, 4) is 16.8 Å². The summed E-state index contributed by atoms with van der Waals surface area (Å²) in [6.45, 7) is 3.50. The van der Waals surface area contributed by atoms with Crippen molar-refractivity contribution in [2.75, 3.05) is 6.54 Å². The fourth-order valence-corrected chi connectivity index (χ4v) is 3.04. The van der Waals surface area contributed by atoms with Crippen molar-refractivity contribution in [2.24, 2.45) is 5.84 Å². The van der Waals surface area contributed by atoms with Gasteiger partial charge in [-0.2, -0.15) is 5.10 Å². The number of nitrogens with zero attached hydrogens (tertiary/aromatic N) is 4. The molecule has 7 nitrogen and oxygen atoms in total. The molecule has 11 heteroatoms. The number of pyridine rings is 1. The average Bonchev–Trinajstić information content (AvgIpc) is 3.12. The molecule has 3 rings (SSSR count). The first-order valence-electron chi connectivity index (χ1n) is 8.89. The Hall–Kier alpha value is -3.11. The molecule has 158 valence electrons. The molecule has 0 spiro atoms. The third-order valence-corrected chi connectivity index (χ3v) is 4.56. The molecule has 1 aromatic carbocycles. The molecule has 0 aliphatic rings. The lowest BCUT2D eigenvalue weighted by molar-refractivity contribution is 0.198. The summed E-state index contributed by atoms with van der Waals surface area (Å²) in [6, 6.07) is 2.20. The maximum Gasteiger partial charge on any atom is 0.332 e. The summed E-state index contributed by atoms with van der Waals surface area (Å²) in [5, 5.41) is 7.30. The van der Waals surface area contributed by atoms with E-state index >= 15 is 0 Å². The molecule has 2 amide bonds. The second kappa shape index (κ2) is 8.72. The third kappa shape index (κ3) is 4.39. The highest BCUT2D eigenvalue weighted by Crippen LogP contribution is 2.33. The lowest BCUT2D eigenvalue weighted by atomic mass is 10.0. The van der Waals surface area contributed by atoms with Gasteiger partial charge in [0.2, 0.25) is 0 Å². The molecule has 0 fully saturated rings. The minimum Gasteiger partial charge on any atom is -0.329 e. The Labute approximate surface area is 175 Å². The first kappa shape index (κ1) is 21.6. The van der Waals surface area contributed by atoms with Gasteiger partial charge in [-0.1, -0.05) is 11.6 Å². The molecule has 0 saturated carbocycles. The number of halogens is 4. The van der Waals surface area contributed by atoms with Crippen LogP contribution in [0, 0.1) is 17.5 Å². The number of nitrogens with one attached hydrogen (secondary N) is 1. The van der Waals surface area contributed by atoms with E-state index in [9.17, 15) is 18.0 Å². The molecule has 1 unspecified atom stereocenters. The van der Waals surface area contributed by atoms with E-state index in [2.05, 4.69) is 15.4 Å². The van der Waals surface area contributed by atoms with Crippen LogP contribution < -0.4 is 11.2 Å². The first-order chi connectivity index (χ1) is 14.2. The van der Waals surface area contributed by atoms with E-state index in [1.54, 1.807) is 13.8 Å². The van der Waals surface area contributed by atoms with Crippen molar-refractivity contribution in [3.05, 3.63) is 65.0 Å². The number of urea groups is 1. The number of aromatic nitrogens is 3. The minimum atomic E-state index is -0.778. The second-order valence-electron chi connectivity index (χ2n) is 6.44. The van der Waals surface area contributed by atoms with Gasteiger partial charge in [0.05, 0.1) is 24.1 Å². The van der Waals surface area contributed by atoms with E-state index in [4.69, 9.17) is 17.4 Å². The fourth-order valence-electron chi connectivity index (χ4n) is 2.84. The zero-order chi connectivity index (χ0) is 22.0. The van der Waals surface area contributed by atoms with Crippen LogP contribution in [0.25, 0.3) is 16.8 Å². The smallest absolute Gasteiger partial charge is 0.329 e. The SMILES string of the molecule is CCN(N)C(=O)NC(C)c1ncc(-c2cc(Cl)cc(F)c2-n2cc(F)cn2)cc1F. The van der Waals surface area contributed by atoms with Gasteiger partial charge in [-0.05, 0) is 32.0 Å². The van der Waals surface area contributed by atoms with Crippen LogP contribution in [0.3, 0.4) is 0 Å². The predicted molar refractivity (Wildman–Crippen MR) is 105 cm³/mol. The molecule has 0 saturated heterocycles. The van der Waals surface area contributed by atoms with Gasteiger partial charge in [0.25, 0.3) is 0 Å². The van der Waals surface area contributed by atoms with Crippen molar-refractivity contribution in [3.63, 3.8) is 0 Å². The number of hydrogen-bond acceptors (Lipinski definition) is 4. The number of hydrazine groups is 1. The van der Waals surface area contributed by atoms with E-state index in [0.29, 0.717) is 0 Å². The van der Waals surface area contributed by atoms with E-state index in [1.165, 1.54) is 12.3 Å². The van der Waals surface area contributed by atoms with Crippen molar-refractivity contribution in [1.29, 1.82) is 0 Å². The summed E-state index contributed by atoms with van der Waals surface area (Å²) in [7, 11) is 0. The molecule has 30 heavy (non-hydrogen) atoms. The van der Waals surface area contributed by atoms with Gasteiger partial charge in [0.15, 0.2) is 11.6 Å². The van der Waals surface area contributed by atoms with Crippen LogP contribution in [0.15, 0.2) is 36.8 Å². The molecule has 3 N–H and O–H groups in total. The second-order valence-corrected chi connectivity index (χ2v) is 6.87. The summed E-state index contributed by atoms with van der Waals surface area (Å²) in [5.74, 6) is 3.33. The standard InChI is InChI=1S/C19H18ClF3N6O/c1-3-28(24)19(30)27-10(2)17-15(22)4-11(7-25-17)14-5-12(20)6-16(23)18(14)29-9-13(21)8-26-29/h4-10H,3,24H2,1-2H3,(H,27,30). The zero-order valence-corrected chi connectivity index (χ0v) is 16.8. The zero-order valence-electron chi connectivity index (χ0n) is 16.0. The van der Waals surface area contributed by atoms with Crippen LogP contribution in [-0.2, 0) is 0 Å². The van der Waals surface area contributed by atoms with Crippen molar-refractivity contribution < 1.29 is 18.0 Å². The number of benzene rings is 1. The Kier molecular flexibility index (Phi) is 6.28. The molecular formula is C19H18ClF3N6O.